The van der Waals surface area contributed by atoms with Gasteiger partial charge in [-0.3, -0.25) is 4.79 Å². The molecule has 0 amide bonds. The van der Waals surface area contributed by atoms with Gasteiger partial charge in [0.05, 0.1) is 5.02 Å². The molecule has 1 aromatic carbocycles. The number of rotatable bonds is 4. The van der Waals surface area contributed by atoms with Crippen molar-refractivity contribution in [3.63, 3.8) is 0 Å². The molecule has 1 aromatic rings. The minimum absolute atomic E-state index is 0.0145. The Hall–Kier alpha value is -1.13. The van der Waals surface area contributed by atoms with Crippen molar-refractivity contribution in [2.75, 3.05) is 6.54 Å². The van der Waals surface area contributed by atoms with Crippen molar-refractivity contribution in [1.82, 2.24) is 5.32 Å². The summed E-state index contributed by atoms with van der Waals surface area (Å²) in [6.07, 6.45) is 0. The first-order valence-corrected chi connectivity index (χ1v) is 4.85. The molecule has 0 saturated heterocycles. The normalized spacial score (nSPS) is 12.5. The summed E-state index contributed by atoms with van der Waals surface area (Å²) in [4.78, 5) is 10.9. The topological polar surface area (TPSA) is 49.3 Å². The van der Waals surface area contributed by atoms with E-state index in [0.29, 0.717) is 12.1 Å². The first kappa shape index (κ1) is 11.9. The molecule has 82 valence electrons. The molecule has 5 heteroatoms. The lowest BCUT2D eigenvalue weighted by molar-refractivity contribution is -0.139. The zero-order chi connectivity index (χ0) is 11.4. The predicted octanol–water partition coefficient (Wildman–Crippen LogP) is 2.21. The Morgan fingerprint density at radius 2 is 2.33 bits per heavy atom. The van der Waals surface area contributed by atoms with E-state index in [-0.39, 0.29) is 5.02 Å². The Kier molecular flexibility index (Phi) is 4.05. The van der Waals surface area contributed by atoms with Crippen LogP contribution >= 0.6 is 11.6 Å². The molecule has 0 spiro atoms. The van der Waals surface area contributed by atoms with Gasteiger partial charge in [0.1, 0.15) is 11.9 Å². The smallest absolute Gasteiger partial charge is 0.325 e. The third kappa shape index (κ3) is 2.91. The van der Waals surface area contributed by atoms with Gasteiger partial charge in [-0.2, -0.15) is 0 Å². The maximum absolute atomic E-state index is 13.1. The molecule has 0 aromatic heterocycles. The van der Waals surface area contributed by atoms with Gasteiger partial charge in [0.2, 0.25) is 0 Å². The molecule has 0 aliphatic rings. The SMILES string of the molecule is CCNC(C(=O)O)c1ccc(Cl)c(F)c1. The number of hydrogen-bond acceptors (Lipinski definition) is 2. The maximum atomic E-state index is 13.1. The van der Waals surface area contributed by atoms with Crippen LogP contribution in [0.15, 0.2) is 18.2 Å². The summed E-state index contributed by atoms with van der Waals surface area (Å²) in [5.74, 6) is -1.66. The zero-order valence-corrected chi connectivity index (χ0v) is 8.88. The van der Waals surface area contributed by atoms with E-state index in [4.69, 9.17) is 16.7 Å². The Morgan fingerprint density at radius 1 is 1.67 bits per heavy atom. The van der Waals surface area contributed by atoms with E-state index in [9.17, 15) is 9.18 Å². The van der Waals surface area contributed by atoms with Gasteiger partial charge in [0, 0.05) is 0 Å². The summed E-state index contributed by atoms with van der Waals surface area (Å²) in [5, 5.41) is 11.6. The van der Waals surface area contributed by atoms with Crippen LogP contribution in [0.25, 0.3) is 0 Å². The van der Waals surface area contributed by atoms with Crippen LogP contribution in [-0.2, 0) is 4.79 Å². The Bertz CT molecular complexity index is 370. The van der Waals surface area contributed by atoms with Gasteiger partial charge in [-0.15, -0.1) is 0 Å². The monoisotopic (exact) mass is 231 g/mol. The van der Waals surface area contributed by atoms with E-state index in [2.05, 4.69) is 5.32 Å². The first-order chi connectivity index (χ1) is 7.06. The fourth-order valence-electron chi connectivity index (χ4n) is 1.24. The van der Waals surface area contributed by atoms with Crippen LogP contribution in [0.5, 0.6) is 0 Å². The molecule has 0 aliphatic carbocycles. The van der Waals surface area contributed by atoms with Crippen molar-refractivity contribution in [2.45, 2.75) is 13.0 Å². The molecule has 3 nitrogen and oxygen atoms in total. The van der Waals surface area contributed by atoms with Crippen LogP contribution < -0.4 is 5.32 Å². The molecule has 0 aliphatic heterocycles. The Morgan fingerprint density at radius 3 is 2.80 bits per heavy atom. The summed E-state index contributed by atoms with van der Waals surface area (Å²) in [6, 6.07) is 3.07. The lowest BCUT2D eigenvalue weighted by Crippen LogP contribution is -2.28. The Labute approximate surface area is 91.9 Å². The summed E-state index contributed by atoms with van der Waals surface area (Å²) in [7, 11) is 0. The van der Waals surface area contributed by atoms with Crippen molar-refractivity contribution in [1.29, 1.82) is 0 Å². The summed E-state index contributed by atoms with van der Waals surface area (Å²) < 4.78 is 13.1. The molecular formula is C10H11ClFNO2. The maximum Gasteiger partial charge on any atom is 0.325 e. The second-order valence-corrected chi connectivity index (χ2v) is 3.41. The average Bonchev–Trinajstić information content (AvgIpc) is 2.18. The average molecular weight is 232 g/mol. The first-order valence-electron chi connectivity index (χ1n) is 4.47. The van der Waals surface area contributed by atoms with E-state index in [1.807, 2.05) is 0 Å². The minimum Gasteiger partial charge on any atom is -0.480 e. The van der Waals surface area contributed by atoms with E-state index in [1.165, 1.54) is 12.1 Å². The predicted molar refractivity (Wildman–Crippen MR) is 55.5 cm³/mol. The van der Waals surface area contributed by atoms with E-state index < -0.39 is 17.8 Å². The van der Waals surface area contributed by atoms with Crippen molar-refractivity contribution in [3.05, 3.63) is 34.6 Å². The highest BCUT2D eigenvalue weighted by Gasteiger charge is 2.19. The zero-order valence-electron chi connectivity index (χ0n) is 8.13. The fourth-order valence-corrected chi connectivity index (χ4v) is 1.36. The number of carboxylic acids is 1. The third-order valence-electron chi connectivity index (χ3n) is 1.93. The number of aliphatic carboxylic acids is 1. The molecule has 15 heavy (non-hydrogen) atoms. The lowest BCUT2D eigenvalue weighted by Gasteiger charge is -2.13. The van der Waals surface area contributed by atoms with Crippen LogP contribution in [0, 0.1) is 5.82 Å². The number of benzene rings is 1. The molecule has 0 heterocycles. The quantitative estimate of drug-likeness (QED) is 0.835. The molecule has 1 unspecified atom stereocenters. The molecule has 1 atom stereocenters. The number of hydrogen-bond donors (Lipinski definition) is 2. The fraction of sp³-hybridized carbons (Fsp3) is 0.300. The van der Waals surface area contributed by atoms with Crippen molar-refractivity contribution in [3.8, 4) is 0 Å². The lowest BCUT2D eigenvalue weighted by atomic mass is 10.1. The minimum atomic E-state index is -1.04. The van der Waals surface area contributed by atoms with E-state index in [0.717, 1.165) is 6.07 Å². The van der Waals surface area contributed by atoms with Crippen LogP contribution in [0.1, 0.15) is 18.5 Å². The van der Waals surface area contributed by atoms with E-state index >= 15 is 0 Å². The largest absolute Gasteiger partial charge is 0.480 e. The molecular weight excluding hydrogens is 221 g/mol. The highest BCUT2D eigenvalue weighted by Crippen LogP contribution is 2.20. The molecule has 0 saturated carbocycles. The highest BCUT2D eigenvalue weighted by atomic mass is 35.5. The molecule has 0 radical (unpaired) electrons. The van der Waals surface area contributed by atoms with Crippen molar-refractivity contribution >= 4 is 17.6 Å². The third-order valence-corrected chi connectivity index (χ3v) is 2.24. The second kappa shape index (κ2) is 5.09. The standard InChI is InChI=1S/C10H11ClFNO2/c1-2-13-9(10(14)15)6-3-4-7(11)8(12)5-6/h3-5,9,13H,2H2,1H3,(H,14,15). The van der Waals surface area contributed by atoms with Gasteiger partial charge in [-0.05, 0) is 24.2 Å². The van der Waals surface area contributed by atoms with Crippen LogP contribution in [0.2, 0.25) is 5.02 Å². The van der Waals surface area contributed by atoms with Gasteiger partial charge < -0.3 is 10.4 Å². The number of carbonyl (C=O) groups is 1. The van der Waals surface area contributed by atoms with E-state index in [1.54, 1.807) is 6.92 Å². The van der Waals surface area contributed by atoms with Gasteiger partial charge in [-0.25, -0.2) is 4.39 Å². The number of likely N-dealkylation sites (N-methyl/N-ethyl adjacent to an activating group) is 1. The molecule has 0 fully saturated rings. The number of halogens is 2. The van der Waals surface area contributed by atoms with Gasteiger partial charge in [0.15, 0.2) is 0 Å². The van der Waals surface area contributed by atoms with Crippen molar-refractivity contribution < 1.29 is 14.3 Å². The van der Waals surface area contributed by atoms with Crippen LogP contribution in [-0.4, -0.2) is 17.6 Å². The van der Waals surface area contributed by atoms with Gasteiger partial charge >= 0.3 is 5.97 Å². The number of nitrogens with one attached hydrogen (secondary N) is 1. The second-order valence-electron chi connectivity index (χ2n) is 3.00. The Balaban J connectivity index is 3.01. The van der Waals surface area contributed by atoms with Gasteiger partial charge in [0.25, 0.3) is 0 Å². The summed E-state index contributed by atoms with van der Waals surface area (Å²) in [5.41, 5.74) is 0.353. The van der Waals surface area contributed by atoms with Gasteiger partial charge in [-0.1, -0.05) is 24.6 Å². The van der Waals surface area contributed by atoms with Crippen LogP contribution in [0.3, 0.4) is 0 Å². The van der Waals surface area contributed by atoms with Crippen LogP contribution in [0.4, 0.5) is 4.39 Å². The number of carboxylic acid groups (broad SMARTS) is 1. The summed E-state index contributed by atoms with van der Waals surface area (Å²) in [6.45, 7) is 2.27. The molecule has 0 bridgehead atoms. The molecule has 1 rings (SSSR count). The summed E-state index contributed by atoms with van der Waals surface area (Å²) >= 11 is 5.50. The van der Waals surface area contributed by atoms with Crippen molar-refractivity contribution in [2.24, 2.45) is 0 Å². The molecule has 2 N–H and O–H groups in total. The highest BCUT2D eigenvalue weighted by molar-refractivity contribution is 6.30.